The number of nitrogens with one attached hydrogen (secondary N) is 2. The number of nitrogens with zero attached hydrogens (tertiary/aromatic N) is 6. The number of amidine groups is 1. The average molecular weight is 705 g/mol. The lowest BCUT2D eigenvalue weighted by atomic mass is 10.1. The maximum atomic E-state index is 13.6. The number of hydrogen-bond acceptors (Lipinski definition) is 6. The number of aromatic nitrogens is 3. The first-order chi connectivity index (χ1) is 20.6. The molecule has 0 saturated heterocycles. The van der Waals surface area contributed by atoms with Crippen molar-refractivity contribution < 1.29 is 31.5 Å². The molecule has 234 valence electrons. The summed E-state index contributed by atoms with van der Waals surface area (Å²) in [6.07, 6.45) is -2.54. The van der Waals surface area contributed by atoms with Gasteiger partial charge in [-0.05, 0) is 73.7 Å². The fraction of sp³-hybridized carbons (Fsp3) is 0.346. The standard InChI is InChI=1S/C26H24BrClF5N9O2/c1-12-8-15(27)9-17(22(43)37-13(2)14-5-6-14)20(12)38-23(44)19-10-16(40-42(19)21-18(28)4-3-7-35-21)11-36-41-39-24(34)25(29,30)26(31,32)33/h3-4,7-10,13-14H,5-6,11H2,1-2H3,(H,37,43)(H,38,44)(H2,34,36,39). The molecule has 1 aliphatic rings. The van der Waals surface area contributed by atoms with Crippen LogP contribution in [0.1, 0.15) is 51.9 Å². The van der Waals surface area contributed by atoms with E-state index in [1.165, 1.54) is 18.3 Å². The van der Waals surface area contributed by atoms with Crippen LogP contribution in [0.5, 0.6) is 0 Å². The van der Waals surface area contributed by atoms with Crippen molar-refractivity contribution in [2.24, 2.45) is 27.1 Å². The summed E-state index contributed by atoms with van der Waals surface area (Å²) >= 11 is 9.67. The lowest BCUT2D eigenvalue weighted by Gasteiger charge is -2.18. The highest BCUT2D eigenvalue weighted by molar-refractivity contribution is 9.10. The van der Waals surface area contributed by atoms with Gasteiger partial charge in [0.25, 0.3) is 11.8 Å². The van der Waals surface area contributed by atoms with E-state index in [1.807, 2.05) is 6.92 Å². The van der Waals surface area contributed by atoms with Crippen LogP contribution in [0.2, 0.25) is 5.02 Å². The third-order valence-corrected chi connectivity index (χ3v) is 7.28. The molecular formula is C26H24BrClF5N9O2. The molecule has 3 aromatic rings. The maximum Gasteiger partial charge on any atom is 0.461 e. The minimum Gasteiger partial charge on any atom is -0.380 e. The number of carbonyl (C=O) groups excluding carboxylic acids is 2. The number of carbonyl (C=O) groups is 2. The molecule has 11 nitrogen and oxygen atoms in total. The minimum atomic E-state index is -5.97. The van der Waals surface area contributed by atoms with Crippen molar-refractivity contribution in [3.05, 3.63) is 68.5 Å². The van der Waals surface area contributed by atoms with E-state index in [9.17, 15) is 31.5 Å². The Hall–Kier alpha value is -3.99. The number of aryl methyl sites for hydroxylation is 1. The number of alkyl halides is 5. The van der Waals surface area contributed by atoms with Crippen molar-refractivity contribution in [1.82, 2.24) is 20.1 Å². The molecule has 1 atom stereocenters. The van der Waals surface area contributed by atoms with Crippen LogP contribution < -0.4 is 16.4 Å². The fourth-order valence-electron chi connectivity index (χ4n) is 4.02. The number of rotatable bonds is 10. The summed E-state index contributed by atoms with van der Waals surface area (Å²) in [6, 6.07) is 7.51. The number of pyridine rings is 1. The van der Waals surface area contributed by atoms with Crippen LogP contribution in [0.4, 0.5) is 27.6 Å². The van der Waals surface area contributed by atoms with Gasteiger partial charge >= 0.3 is 12.1 Å². The number of anilines is 1. The summed E-state index contributed by atoms with van der Waals surface area (Å²) < 4.78 is 65.6. The normalized spacial score (nSPS) is 15.0. The van der Waals surface area contributed by atoms with E-state index in [-0.39, 0.29) is 45.4 Å². The van der Waals surface area contributed by atoms with Gasteiger partial charge < -0.3 is 16.4 Å². The number of hydrogen-bond donors (Lipinski definition) is 3. The molecular weight excluding hydrogens is 681 g/mol. The van der Waals surface area contributed by atoms with Crippen LogP contribution in [0, 0.1) is 12.8 Å². The van der Waals surface area contributed by atoms with E-state index in [0.29, 0.717) is 16.0 Å². The molecule has 2 heterocycles. The van der Waals surface area contributed by atoms with Crippen LogP contribution >= 0.6 is 27.5 Å². The van der Waals surface area contributed by atoms with Crippen molar-refractivity contribution >= 4 is 50.9 Å². The predicted molar refractivity (Wildman–Crippen MR) is 154 cm³/mol. The summed E-state index contributed by atoms with van der Waals surface area (Å²) in [4.78, 5) is 31.0. The Labute approximate surface area is 260 Å². The van der Waals surface area contributed by atoms with Gasteiger partial charge in [-0.3, -0.25) is 9.59 Å². The van der Waals surface area contributed by atoms with E-state index in [1.54, 1.807) is 25.1 Å². The molecule has 44 heavy (non-hydrogen) atoms. The van der Waals surface area contributed by atoms with Crippen molar-refractivity contribution in [3.63, 3.8) is 0 Å². The first kappa shape index (κ1) is 32.9. The molecule has 0 aliphatic heterocycles. The number of nitrogens with two attached hydrogens (primary N) is 1. The topological polar surface area (TPSA) is 152 Å². The highest BCUT2D eigenvalue weighted by Crippen LogP contribution is 2.36. The summed E-state index contributed by atoms with van der Waals surface area (Å²) in [5.41, 5.74) is 5.65. The van der Waals surface area contributed by atoms with Crippen LogP contribution in [0.25, 0.3) is 5.82 Å². The smallest absolute Gasteiger partial charge is 0.380 e. The van der Waals surface area contributed by atoms with Crippen molar-refractivity contribution in [1.29, 1.82) is 0 Å². The second kappa shape index (κ2) is 12.9. The van der Waals surface area contributed by atoms with Crippen molar-refractivity contribution in [3.8, 4) is 5.82 Å². The molecule has 0 radical (unpaired) electrons. The summed E-state index contributed by atoms with van der Waals surface area (Å²) in [5.74, 6) is -8.20. The van der Waals surface area contributed by atoms with Gasteiger partial charge in [-0.15, -0.1) is 5.10 Å². The minimum absolute atomic E-state index is 0.0146. The van der Waals surface area contributed by atoms with Crippen molar-refractivity contribution in [2.75, 3.05) is 5.32 Å². The SMILES string of the molecule is Cc1cc(Br)cc(C(=O)NC(C)C2CC2)c1NC(=O)c1cc(CN=NN=C(N)C(F)(F)C(F)(F)F)nn1-c1ncccc1Cl. The van der Waals surface area contributed by atoms with Crippen LogP contribution in [-0.4, -0.2) is 50.6 Å². The van der Waals surface area contributed by atoms with Crippen LogP contribution in [-0.2, 0) is 6.54 Å². The van der Waals surface area contributed by atoms with Gasteiger partial charge in [-0.1, -0.05) is 27.5 Å². The molecule has 1 saturated carbocycles. The quantitative estimate of drug-likeness (QED) is 0.0756. The molecule has 4 N–H and O–H groups in total. The molecule has 0 spiro atoms. The number of amides is 2. The van der Waals surface area contributed by atoms with Gasteiger partial charge in [0.1, 0.15) is 12.2 Å². The number of halogens is 7. The molecule has 1 aliphatic carbocycles. The Morgan fingerprint density at radius 3 is 2.55 bits per heavy atom. The van der Waals surface area contributed by atoms with Gasteiger partial charge in [-0.2, -0.15) is 32.2 Å². The Kier molecular flexibility index (Phi) is 9.68. The van der Waals surface area contributed by atoms with E-state index in [0.717, 1.165) is 17.5 Å². The summed E-state index contributed by atoms with van der Waals surface area (Å²) in [6.45, 7) is 3.11. The van der Waals surface area contributed by atoms with Gasteiger partial charge in [0, 0.05) is 16.7 Å². The van der Waals surface area contributed by atoms with Crippen LogP contribution in [0.3, 0.4) is 0 Å². The summed E-state index contributed by atoms with van der Waals surface area (Å²) in [7, 11) is 0. The van der Waals surface area contributed by atoms with Gasteiger partial charge in [0.05, 0.1) is 22.0 Å². The Morgan fingerprint density at radius 1 is 1.20 bits per heavy atom. The molecule has 1 unspecified atom stereocenters. The first-order valence-electron chi connectivity index (χ1n) is 12.9. The molecule has 2 amide bonds. The van der Waals surface area contributed by atoms with Crippen molar-refractivity contribution in [2.45, 2.75) is 51.4 Å². The average Bonchev–Trinajstić information content (AvgIpc) is 3.71. The van der Waals surface area contributed by atoms with Crippen LogP contribution in [0.15, 0.2) is 56.4 Å². The zero-order chi connectivity index (χ0) is 32.4. The molecule has 18 heteroatoms. The lowest BCUT2D eigenvalue weighted by molar-refractivity contribution is -0.249. The largest absolute Gasteiger partial charge is 0.461 e. The second-order valence-electron chi connectivity index (χ2n) is 9.89. The lowest BCUT2D eigenvalue weighted by Crippen LogP contribution is -2.48. The molecule has 1 fully saturated rings. The second-order valence-corrected chi connectivity index (χ2v) is 11.2. The third kappa shape index (κ3) is 7.38. The molecule has 4 rings (SSSR count). The predicted octanol–water partition coefficient (Wildman–Crippen LogP) is 6.19. The number of benzene rings is 1. The maximum absolute atomic E-state index is 13.6. The Morgan fingerprint density at radius 2 is 1.91 bits per heavy atom. The highest BCUT2D eigenvalue weighted by atomic mass is 79.9. The van der Waals surface area contributed by atoms with Gasteiger partial charge in [0.2, 0.25) is 5.84 Å². The summed E-state index contributed by atoms with van der Waals surface area (Å²) in [5, 5.41) is 19.1. The van der Waals surface area contributed by atoms with E-state index in [4.69, 9.17) is 17.3 Å². The van der Waals surface area contributed by atoms with E-state index >= 15 is 0 Å². The van der Waals surface area contributed by atoms with E-state index in [2.05, 4.69) is 52.1 Å². The Balaban J connectivity index is 1.64. The fourth-order valence-corrected chi connectivity index (χ4v) is 4.79. The highest BCUT2D eigenvalue weighted by Gasteiger charge is 2.61. The first-order valence-corrected chi connectivity index (χ1v) is 14.0. The molecule has 2 aromatic heterocycles. The van der Waals surface area contributed by atoms with Gasteiger partial charge in [-0.25, -0.2) is 9.67 Å². The van der Waals surface area contributed by atoms with E-state index < -0.39 is 30.4 Å². The molecule has 1 aromatic carbocycles. The monoisotopic (exact) mass is 703 g/mol. The third-order valence-electron chi connectivity index (χ3n) is 6.53. The van der Waals surface area contributed by atoms with Gasteiger partial charge in [0.15, 0.2) is 5.82 Å². The molecule has 0 bridgehead atoms. The Bertz CT molecular complexity index is 1640. The zero-order valence-electron chi connectivity index (χ0n) is 23.0. The zero-order valence-corrected chi connectivity index (χ0v) is 25.3.